The number of Topliss-reactive ketones (excluding diaryl/α,β-unsaturated/α-hetero) is 1. The molecule has 0 unspecified atom stereocenters. The minimum absolute atomic E-state index is 0.147. The van der Waals surface area contributed by atoms with Crippen molar-refractivity contribution in [2.45, 2.75) is 26.2 Å². The lowest BCUT2D eigenvalue weighted by Crippen LogP contribution is -2.13. The number of rotatable bonds is 1. The van der Waals surface area contributed by atoms with Crippen molar-refractivity contribution in [1.82, 2.24) is 9.97 Å². The Kier molecular flexibility index (Phi) is 2.28. The minimum Gasteiger partial charge on any atom is -0.458 e. The lowest BCUT2D eigenvalue weighted by molar-refractivity contribution is 0.0971. The Morgan fingerprint density at radius 1 is 1.29 bits per heavy atom. The van der Waals surface area contributed by atoms with Crippen molar-refractivity contribution in [2.24, 2.45) is 0 Å². The molecular formula is C13H12N2O2. The van der Waals surface area contributed by atoms with Crippen molar-refractivity contribution in [1.29, 1.82) is 0 Å². The van der Waals surface area contributed by atoms with Crippen LogP contribution in [0.5, 0.6) is 0 Å². The number of carbonyl (C=O) groups is 1. The van der Waals surface area contributed by atoms with Gasteiger partial charge in [0.25, 0.3) is 0 Å². The van der Waals surface area contributed by atoms with E-state index in [1.54, 1.807) is 6.20 Å². The molecule has 3 rings (SSSR count). The summed E-state index contributed by atoms with van der Waals surface area (Å²) in [5, 5.41) is 0. The molecule has 0 fully saturated rings. The zero-order valence-electron chi connectivity index (χ0n) is 9.56. The predicted molar refractivity (Wildman–Crippen MR) is 61.7 cm³/mol. The van der Waals surface area contributed by atoms with Crippen LogP contribution in [0.4, 0.5) is 0 Å². The zero-order chi connectivity index (χ0) is 11.8. The summed E-state index contributed by atoms with van der Waals surface area (Å²) in [7, 11) is 0. The van der Waals surface area contributed by atoms with Crippen molar-refractivity contribution >= 4 is 5.78 Å². The number of hydrogen-bond acceptors (Lipinski definition) is 4. The van der Waals surface area contributed by atoms with Crippen LogP contribution in [0.1, 0.15) is 34.7 Å². The maximum atomic E-state index is 11.6. The van der Waals surface area contributed by atoms with Gasteiger partial charge in [-0.1, -0.05) is 0 Å². The van der Waals surface area contributed by atoms with E-state index < -0.39 is 0 Å². The summed E-state index contributed by atoms with van der Waals surface area (Å²) in [6.45, 7) is 1.88. The highest BCUT2D eigenvalue weighted by atomic mass is 16.3. The van der Waals surface area contributed by atoms with E-state index in [4.69, 9.17) is 4.42 Å². The van der Waals surface area contributed by atoms with Gasteiger partial charge in [0.05, 0.1) is 11.3 Å². The Balaban J connectivity index is 2.06. The van der Waals surface area contributed by atoms with E-state index in [-0.39, 0.29) is 5.78 Å². The fourth-order valence-corrected chi connectivity index (χ4v) is 2.07. The second-order valence-electron chi connectivity index (χ2n) is 4.24. The van der Waals surface area contributed by atoms with E-state index in [1.807, 2.05) is 19.1 Å². The smallest absolute Gasteiger partial charge is 0.195 e. The minimum atomic E-state index is 0.147. The third-order valence-electron chi connectivity index (χ3n) is 2.95. The van der Waals surface area contributed by atoms with Crippen molar-refractivity contribution in [3.63, 3.8) is 0 Å². The summed E-state index contributed by atoms with van der Waals surface area (Å²) >= 11 is 0. The summed E-state index contributed by atoms with van der Waals surface area (Å²) in [6, 6.07) is 3.73. The highest BCUT2D eigenvalue weighted by Gasteiger charge is 2.20. The van der Waals surface area contributed by atoms with E-state index >= 15 is 0 Å². The molecule has 0 radical (unpaired) electrons. The summed E-state index contributed by atoms with van der Waals surface area (Å²) < 4.78 is 5.48. The average Bonchev–Trinajstić information content (AvgIpc) is 2.76. The summed E-state index contributed by atoms with van der Waals surface area (Å²) in [5.41, 5.74) is 1.52. The lowest BCUT2D eigenvalue weighted by Gasteiger charge is -2.12. The van der Waals surface area contributed by atoms with E-state index in [0.29, 0.717) is 23.6 Å². The molecule has 2 heterocycles. The Hall–Kier alpha value is -1.97. The molecule has 0 saturated heterocycles. The highest BCUT2D eigenvalue weighted by molar-refractivity contribution is 5.97. The van der Waals surface area contributed by atoms with Crippen LogP contribution in [0.2, 0.25) is 0 Å². The number of aromatic nitrogens is 2. The second-order valence-corrected chi connectivity index (χ2v) is 4.24. The van der Waals surface area contributed by atoms with Crippen LogP contribution >= 0.6 is 0 Å². The summed E-state index contributed by atoms with van der Waals surface area (Å²) in [4.78, 5) is 20.3. The monoisotopic (exact) mass is 228 g/mol. The van der Waals surface area contributed by atoms with Crippen LogP contribution < -0.4 is 0 Å². The van der Waals surface area contributed by atoms with E-state index in [2.05, 4.69) is 9.97 Å². The maximum absolute atomic E-state index is 11.6. The Bertz CT molecular complexity index is 587. The van der Waals surface area contributed by atoms with Gasteiger partial charge in [-0.3, -0.25) is 4.79 Å². The molecule has 0 saturated carbocycles. The molecule has 0 spiro atoms. The number of ketones is 1. The molecule has 0 aliphatic heterocycles. The number of aryl methyl sites for hydroxylation is 2. The molecule has 0 atom stereocenters. The van der Waals surface area contributed by atoms with E-state index in [1.165, 1.54) is 0 Å². The molecule has 1 aliphatic carbocycles. The van der Waals surface area contributed by atoms with Crippen LogP contribution in [-0.4, -0.2) is 15.8 Å². The average molecular weight is 228 g/mol. The fraction of sp³-hybridized carbons (Fsp3) is 0.308. The van der Waals surface area contributed by atoms with Gasteiger partial charge in [0, 0.05) is 12.6 Å². The van der Waals surface area contributed by atoms with Crippen LogP contribution in [0.25, 0.3) is 11.6 Å². The fourth-order valence-electron chi connectivity index (χ4n) is 2.07. The second kappa shape index (κ2) is 3.80. The summed E-state index contributed by atoms with van der Waals surface area (Å²) in [6.07, 6.45) is 3.95. The molecule has 86 valence electrons. The van der Waals surface area contributed by atoms with E-state index in [9.17, 15) is 4.79 Å². The summed E-state index contributed by atoms with van der Waals surface area (Å²) in [5.74, 6) is 2.20. The predicted octanol–water partition coefficient (Wildman–Crippen LogP) is 2.56. The van der Waals surface area contributed by atoms with Crippen LogP contribution in [0, 0.1) is 6.92 Å². The number of carbonyl (C=O) groups excluding carboxylic acids is 1. The third kappa shape index (κ3) is 1.75. The molecule has 4 heteroatoms. The molecule has 17 heavy (non-hydrogen) atoms. The van der Waals surface area contributed by atoms with Gasteiger partial charge in [-0.15, -0.1) is 0 Å². The molecule has 0 N–H and O–H groups in total. The van der Waals surface area contributed by atoms with Crippen molar-refractivity contribution in [3.8, 4) is 11.6 Å². The SMILES string of the molecule is Cc1ccc(-c2ncc3c(n2)CCCC3=O)o1. The standard InChI is InChI=1S/C13H12N2O2/c1-8-5-6-12(17-8)13-14-7-9-10(15-13)3-2-4-11(9)16/h5-7H,2-4H2,1H3. The number of hydrogen-bond donors (Lipinski definition) is 0. The van der Waals surface area contributed by atoms with Gasteiger partial charge in [0.15, 0.2) is 17.4 Å². The molecule has 1 aliphatic rings. The van der Waals surface area contributed by atoms with Gasteiger partial charge < -0.3 is 4.42 Å². The molecular weight excluding hydrogens is 216 g/mol. The van der Waals surface area contributed by atoms with Gasteiger partial charge in [-0.05, 0) is 31.9 Å². The first-order valence-corrected chi connectivity index (χ1v) is 5.70. The van der Waals surface area contributed by atoms with Gasteiger partial charge in [0.1, 0.15) is 5.76 Å². The van der Waals surface area contributed by atoms with Crippen molar-refractivity contribution in [3.05, 3.63) is 35.3 Å². The van der Waals surface area contributed by atoms with Crippen LogP contribution in [0.3, 0.4) is 0 Å². The molecule has 2 aromatic rings. The molecule has 0 bridgehead atoms. The Labute approximate surface area is 98.7 Å². The van der Waals surface area contributed by atoms with Gasteiger partial charge in [-0.25, -0.2) is 9.97 Å². The first kappa shape index (κ1) is 10.2. The Morgan fingerprint density at radius 3 is 2.94 bits per heavy atom. The number of nitrogens with zero attached hydrogens (tertiary/aromatic N) is 2. The molecule has 0 amide bonds. The lowest BCUT2D eigenvalue weighted by atomic mass is 9.96. The van der Waals surface area contributed by atoms with Gasteiger partial charge >= 0.3 is 0 Å². The number of furan rings is 1. The molecule has 2 aromatic heterocycles. The molecule has 4 nitrogen and oxygen atoms in total. The van der Waals surface area contributed by atoms with Crippen LogP contribution in [0.15, 0.2) is 22.7 Å². The van der Waals surface area contributed by atoms with E-state index in [0.717, 1.165) is 24.3 Å². The normalized spacial score (nSPS) is 14.8. The first-order chi connectivity index (χ1) is 8.24. The maximum Gasteiger partial charge on any atom is 0.195 e. The van der Waals surface area contributed by atoms with Crippen molar-refractivity contribution < 1.29 is 9.21 Å². The first-order valence-electron chi connectivity index (χ1n) is 5.70. The number of fused-ring (bicyclic) bond motifs is 1. The highest BCUT2D eigenvalue weighted by Crippen LogP contribution is 2.23. The molecule has 0 aromatic carbocycles. The third-order valence-corrected chi connectivity index (χ3v) is 2.95. The largest absolute Gasteiger partial charge is 0.458 e. The van der Waals surface area contributed by atoms with Gasteiger partial charge in [-0.2, -0.15) is 0 Å². The van der Waals surface area contributed by atoms with Crippen molar-refractivity contribution in [2.75, 3.05) is 0 Å². The Morgan fingerprint density at radius 2 is 2.18 bits per heavy atom. The quantitative estimate of drug-likeness (QED) is 0.752. The zero-order valence-corrected chi connectivity index (χ0v) is 9.56. The van der Waals surface area contributed by atoms with Gasteiger partial charge in [0.2, 0.25) is 0 Å². The van der Waals surface area contributed by atoms with Crippen LogP contribution in [-0.2, 0) is 6.42 Å². The topological polar surface area (TPSA) is 56.0 Å².